The zero-order valence-electron chi connectivity index (χ0n) is 9.48. The molecule has 1 rings (SSSR count). The van der Waals surface area contributed by atoms with E-state index in [-0.39, 0.29) is 5.70 Å². The van der Waals surface area contributed by atoms with Crippen molar-refractivity contribution >= 4 is 5.78 Å². The number of aryl methyl sites for hydroxylation is 1. The van der Waals surface area contributed by atoms with Crippen molar-refractivity contribution in [2.75, 3.05) is 0 Å². The summed E-state index contributed by atoms with van der Waals surface area (Å²) < 4.78 is 0. The maximum atomic E-state index is 11.9. The summed E-state index contributed by atoms with van der Waals surface area (Å²) in [7, 11) is 0. The summed E-state index contributed by atoms with van der Waals surface area (Å²) in [5.41, 5.74) is 1.20. The molecule has 4 nitrogen and oxygen atoms in total. The van der Waals surface area contributed by atoms with Gasteiger partial charge in [-0.05, 0) is 26.3 Å². The first-order valence-electron chi connectivity index (χ1n) is 4.87. The van der Waals surface area contributed by atoms with Crippen molar-refractivity contribution < 1.29 is 9.72 Å². The molecule has 0 saturated carbocycles. The molecule has 0 aliphatic rings. The van der Waals surface area contributed by atoms with Crippen molar-refractivity contribution in [3.8, 4) is 0 Å². The molecule has 16 heavy (non-hydrogen) atoms. The molecule has 0 radical (unpaired) electrons. The van der Waals surface area contributed by atoms with Gasteiger partial charge in [0.15, 0.2) is 0 Å². The Bertz CT molecular complexity index is 471. The van der Waals surface area contributed by atoms with Crippen molar-refractivity contribution in [2.24, 2.45) is 0 Å². The number of Topliss-reactive ketones (excluding diaryl/α,β-unsaturated/α-hetero) is 1. The van der Waals surface area contributed by atoms with Gasteiger partial charge in [0.05, 0.1) is 4.92 Å². The van der Waals surface area contributed by atoms with Gasteiger partial charge in [0.1, 0.15) is 0 Å². The number of benzene rings is 1. The van der Waals surface area contributed by atoms with E-state index in [9.17, 15) is 14.9 Å². The van der Waals surface area contributed by atoms with Crippen LogP contribution in [0.5, 0.6) is 0 Å². The summed E-state index contributed by atoms with van der Waals surface area (Å²) in [4.78, 5) is 22.1. The van der Waals surface area contributed by atoms with E-state index in [1.54, 1.807) is 45.0 Å². The molecule has 0 unspecified atom stereocenters. The first kappa shape index (κ1) is 12.1. The van der Waals surface area contributed by atoms with E-state index in [1.165, 1.54) is 0 Å². The Morgan fingerprint density at radius 1 is 1.25 bits per heavy atom. The van der Waals surface area contributed by atoms with Crippen LogP contribution in [-0.2, 0) is 0 Å². The summed E-state index contributed by atoms with van der Waals surface area (Å²) in [5, 5.41) is 10.8. The standard InChI is InChI=1S/C12H13NO3/c1-8(2)11(13(15)16)12(14)10-7-5-4-6-9(10)3/h4-7H,1-3H3. The van der Waals surface area contributed by atoms with Gasteiger partial charge in [-0.1, -0.05) is 24.3 Å². The van der Waals surface area contributed by atoms with Crippen molar-refractivity contribution in [3.05, 3.63) is 56.8 Å². The summed E-state index contributed by atoms with van der Waals surface area (Å²) in [6.07, 6.45) is 0. The van der Waals surface area contributed by atoms with Crippen LogP contribution in [0.4, 0.5) is 0 Å². The van der Waals surface area contributed by atoms with Crippen molar-refractivity contribution in [1.29, 1.82) is 0 Å². The SMILES string of the molecule is CC(C)=C(C(=O)c1ccccc1C)[N+](=O)[O-]. The van der Waals surface area contributed by atoms with Gasteiger partial charge in [0, 0.05) is 11.1 Å². The second-order valence-electron chi connectivity index (χ2n) is 3.75. The molecule has 0 N–H and O–H groups in total. The number of hydrogen-bond acceptors (Lipinski definition) is 3. The van der Waals surface area contributed by atoms with Gasteiger partial charge in [-0.15, -0.1) is 0 Å². The van der Waals surface area contributed by atoms with E-state index in [4.69, 9.17) is 0 Å². The van der Waals surface area contributed by atoms with Gasteiger partial charge in [-0.2, -0.15) is 0 Å². The van der Waals surface area contributed by atoms with Crippen LogP contribution in [0, 0.1) is 17.0 Å². The molecule has 0 aromatic heterocycles. The summed E-state index contributed by atoms with van der Waals surface area (Å²) in [6, 6.07) is 6.85. The third-order valence-electron chi connectivity index (χ3n) is 2.26. The Kier molecular flexibility index (Phi) is 3.55. The predicted molar refractivity (Wildman–Crippen MR) is 60.9 cm³/mol. The zero-order chi connectivity index (χ0) is 12.3. The molecular formula is C12H13NO3. The van der Waals surface area contributed by atoms with Crippen molar-refractivity contribution in [2.45, 2.75) is 20.8 Å². The molecule has 0 aliphatic carbocycles. The second-order valence-corrected chi connectivity index (χ2v) is 3.75. The molecule has 0 aliphatic heterocycles. The third-order valence-corrected chi connectivity index (χ3v) is 2.26. The van der Waals surface area contributed by atoms with Crippen LogP contribution >= 0.6 is 0 Å². The summed E-state index contributed by atoms with van der Waals surface area (Å²) >= 11 is 0. The molecule has 0 fully saturated rings. The number of rotatable bonds is 3. The van der Waals surface area contributed by atoms with Crippen LogP contribution in [0.3, 0.4) is 0 Å². The third kappa shape index (κ3) is 2.34. The molecule has 1 aromatic rings. The maximum absolute atomic E-state index is 11.9. The minimum atomic E-state index is -0.621. The maximum Gasteiger partial charge on any atom is 0.315 e. The number of nitro groups is 1. The normalized spacial score (nSPS) is 9.69. The van der Waals surface area contributed by atoms with Crippen LogP contribution in [0.2, 0.25) is 0 Å². The van der Waals surface area contributed by atoms with E-state index in [0.29, 0.717) is 11.1 Å². The largest absolute Gasteiger partial charge is 0.315 e. The lowest BCUT2D eigenvalue weighted by Crippen LogP contribution is -2.14. The highest BCUT2D eigenvalue weighted by Gasteiger charge is 2.25. The smallest absolute Gasteiger partial charge is 0.282 e. The molecule has 0 saturated heterocycles. The number of carbonyl (C=O) groups is 1. The summed E-state index contributed by atoms with van der Waals surface area (Å²) in [6.45, 7) is 4.89. The van der Waals surface area contributed by atoms with Gasteiger partial charge < -0.3 is 0 Å². The molecule has 0 amide bonds. The molecule has 1 aromatic carbocycles. The van der Waals surface area contributed by atoms with Crippen molar-refractivity contribution in [3.63, 3.8) is 0 Å². The Labute approximate surface area is 93.7 Å². The highest BCUT2D eigenvalue weighted by molar-refractivity contribution is 6.08. The number of carbonyl (C=O) groups excluding carboxylic acids is 1. The number of nitrogens with zero attached hydrogens (tertiary/aromatic N) is 1. The highest BCUT2D eigenvalue weighted by atomic mass is 16.6. The Balaban J connectivity index is 3.27. The van der Waals surface area contributed by atoms with Crippen LogP contribution < -0.4 is 0 Å². The Morgan fingerprint density at radius 3 is 2.25 bits per heavy atom. The van der Waals surface area contributed by atoms with Crippen LogP contribution in [0.15, 0.2) is 35.5 Å². The van der Waals surface area contributed by atoms with Crippen LogP contribution in [-0.4, -0.2) is 10.7 Å². The second kappa shape index (κ2) is 4.70. The molecule has 0 heterocycles. The highest BCUT2D eigenvalue weighted by Crippen LogP contribution is 2.16. The van der Waals surface area contributed by atoms with Crippen molar-refractivity contribution in [1.82, 2.24) is 0 Å². The lowest BCUT2D eigenvalue weighted by atomic mass is 10.0. The molecular weight excluding hydrogens is 206 g/mol. The van der Waals surface area contributed by atoms with E-state index >= 15 is 0 Å². The van der Waals surface area contributed by atoms with Crippen LogP contribution in [0.25, 0.3) is 0 Å². The van der Waals surface area contributed by atoms with E-state index in [0.717, 1.165) is 5.56 Å². The van der Waals surface area contributed by atoms with Gasteiger partial charge in [-0.3, -0.25) is 14.9 Å². The molecule has 84 valence electrons. The molecule has 0 bridgehead atoms. The Hall–Kier alpha value is -1.97. The minimum absolute atomic E-state index is 0.339. The zero-order valence-corrected chi connectivity index (χ0v) is 9.48. The van der Waals surface area contributed by atoms with Gasteiger partial charge in [0.25, 0.3) is 5.78 Å². The quantitative estimate of drug-likeness (QED) is 0.340. The first-order valence-corrected chi connectivity index (χ1v) is 4.87. The van der Waals surface area contributed by atoms with Gasteiger partial charge in [-0.25, -0.2) is 0 Å². The molecule has 0 spiro atoms. The number of hydrogen-bond donors (Lipinski definition) is 0. The lowest BCUT2D eigenvalue weighted by molar-refractivity contribution is -0.417. The van der Waals surface area contributed by atoms with Gasteiger partial charge in [0.2, 0.25) is 0 Å². The average Bonchev–Trinajstić information content (AvgIpc) is 2.16. The predicted octanol–water partition coefficient (Wildman–Crippen LogP) is 2.75. The fourth-order valence-electron chi connectivity index (χ4n) is 1.45. The molecule has 4 heteroatoms. The van der Waals surface area contributed by atoms with Gasteiger partial charge >= 0.3 is 5.70 Å². The Morgan fingerprint density at radius 2 is 1.81 bits per heavy atom. The lowest BCUT2D eigenvalue weighted by Gasteiger charge is -2.03. The number of allylic oxidation sites excluding steroid dienone is 2. The average molecular weight is 219 g/mol. The molecule has 0 atom stereocenters. The first-order chi connectivity index (χ1) is 7.45. The van der Waals surface area contributed by atoms with E-state index in [2.05, 4.69) is 0 Å². The monoisotopic (exact) mass is 219 g/mol. The summed E-state index contributed by atoms with van der Waals surface area (Å²) in [5.74, 6) is -0.525. The minimum Gasteiger partial charge on any atom is -0.282 e. The fourth-order valence-corrected chi connectivity index (χ4v) is 1.45. The number of ketones is 1. The van der Waals surface area contributed by atoms with E-state index in [1.807, 2.05) is 0 Å². The topological polar surface area (TPSA) is 60.2 Å². The fraction of sp³-hybridized carbons (Fsp3) is 0.250. The van der Waals surface area contributed by atoms with Crippen LogP contribution in [0.1, 0.15) is 29.8 Å². The van der Waals surface area contributed by atoms with E-state index < -0.39 is 10.7 Å².